The zero-order chi connectivity index (χ0) is 19.4. The molecule has 2 rings (SSSR count). The fraction of sp³-hybridized carbons (Fsp3) is 0.632. The van der Waals surface area contributed by atoms with Crippen LogP contribution in [0.25, 0.3) is 0 Å². The maximum absolute atomic E-state index is 12.2. The number of hydrogen-bond donors (Lipinski definition) is 1. The molecule has 0 aliphatic carbocycles. The van der Waals surface area contributed by atoms with E-state index < -0.39 is 14.6 Å². The average Bonchev–Trinajstić information content (AvgIpc) is 2.55. The lowest BCUT2D eigenvalue weighted by Gasteiger charge is -2.39. The number of ether oxygens (including phenoxy) is 1. The van der Waals surface area contributed by atoms with Crippen LogP contribution in [0, 0.1) is 0 Å². The van der Waals surface area contributed by atoms with Gasteiger partial charge in [-0.1, -0.05) is 12.1 Å². The summed E-state index contributed by atoms with van der Waals surface area (Å²) in [6, 6.07) is 7.92. The summed E-state index contributed by atoms with van der Waals surface area (Å²) in [5, 5.41) is 3.28. The smallest absolute Gasteiger partial charge is 0.194 e. The van der Waals surface area contributed by atoms with Gasteiger partial charge in [0.25, 0.3) is 0 Å². The van der Waals surface area contributed by atoms with Crippen molar-refractivity contribution >= 4 is 39.8 Å². The lowest BCUT2D eigenvalue weighted by Crippen LogP contribution is -2.57. The van der Waals surface area contributed by atoms with E-state index in [-0.39, 0.29) is 35.8 Å². The van der Waals surface area contributed by atoms with Crippen molar-refractivity contribution in [2.75, 3.05) is 25.4 Å². The molecule has 1 saturated heterocycles. The first-order chi connectivity index (χ1) is 12.1. The average molecular weight is 509 g/mol. The summed E-state index contributed by atoms with van der Waals surface area (Å²) >= 11 is 0. The molecule has 0 amide bonds. The first-order valence-electron chi connectivity index (χ1n) is 9.16. The van der Waals surface area contributed by atoms with Gasteiger partial charge in [-0.2, -0.15) is 0 Å². The molecule has 0 aromatic heterocycles. The SMILES string of the molecule is CCNC(=NCc1ccc(OC(C)C)cc1)N1CCS(=O)(=O)C(C)(C)C1.I. The van der Waals surface area contributed by atoms with Gasteiger partial charge in [0.2, 0.25) is 0 Å². The summed E-state index contributed by atoms with van der Waals surface area (Å²) in [7, 11) is -3.06. The number of rotatable bonds is 5. The summed E-state index contributed by atoms with van der Waals surface area (Å²) < 4.78 is 29.3. The van der Waals surface area contributed by atoms with Gasteiger partial charge in [0.05, 0.1) is 23.1 Å². The number of halogens is 1. The molecule has 1 aromatic rings. The highest BCUT2D eigenvalue weighted by Gasteiger charge is 2.40. The Labute approximate surface area is 180 Å². The zero-order valence-corrected chi connectivity index (χ0v) is 20.0. The van der Waals surface area contributed by atoms with Crippen molar-refractivity contribution in [3.63, 3.8) is 0 Å². The third-order valence-electron chi connectivity index (χ3n) is 4.38. The maximum atomic E-state index is 12.2. The van der Waals surface area contributed by atoms with E-state index in [0.717, 1.165) is 23.8 Å². The topological polar surface area (TPSA) is 71.0 Å². The zero-order valence-electron chi connectivity index (χ0n) is 16.9. The molecule has 8 heteroatoms. The van der Waals surface area contributed by atoms with Gasteiger partial charge in [-0.15, -0.1) is 24.0 Å². The summed E-state index contributed by atoms with van der Waals surface area (Å²) in [6.45, 7) is 11.8. The molecule has 1 aliphatic rings. The Morgan fingerprint density at radius 3 is 2.44 bits per heavy atom. The van der Waals surface area contributed by atoms with Crippen LogP contribution >= 0.6 is 24.0 Å². The second-order valence-corrected chi connectivity index (χ2v) is 10.2. The van der Waals surface area contributed by atoms with Crippen molar-refractivity contribution in [1.29, 1.82) is 0 Å². The van der Waals surface area contributed by atoms with E-state index in [1.807, 2.05) is 49.9 Å². The molecular weight excluding hydrogens is 477 g/mol. The van der Waals surface area contributed by atoms with Crippen molar-refractivity contribution in [3.05, 3.63) is 29.8 Å². The number of guanidine groups is 1. The fourth-order valence-electron chi connectivity index (χ4n) is 2.86. The van der Waals surface area contributed by atoms with Crippen molar-refractivity contribution in [3.8, 4) is 5.75 Å². The Morgan fingerprint density at radius 2 is 1.93 bits per heavy atom. The van der Waals surface area contributed by atoms with Gasteiger partial charge in [0, 0.05) is 19.6 Å². The molecule has 154 valence electrons. The van der Waals surface area contributed by atoms with Crippen LogP contribution in [-0.2, 0) is 16.4 Å². The van der Waals surface area contributed by atoms with Gasteiger partial charge in [0.15, 0.2) is 15.8 Å². The van der Waals surface area contributed by atoms with E-state index in [2.05, 4.69) is 5.32 Å². The second-order valence-electron chi connectivity index (χ2n) is 7.48. The third kappa shape index (κ3) is 6.51. The number of sulfone groups is 1. The summed E-state index contributed by atoms with van der Waals surface area (Å²) in [5.41, 5.74) is 1.08. The molecule has 1 fully saturated rings. The minimum Gasteiger partial charge on any atom is -0.491 e. The van der Waals surface area contributed by atoms with Crippen molar-refractivity contribution < 1.29 is 13.2 Å². The minimum absolute atomic E-state index is 0. The number of nitrogens with zero attached hydrogens (tertiary/aromatic N) is 2. The van der Waals surface area contributed by atoms with E-state index in [4.69, 9.17) is 9.73 Å². The highest BCUT2D eigenvalue weighted by atomic mass is 127. The van der Waals surface area contributed by atoms with E-state index in [9.17, 15) is 8.42 Å². The van der Waals surface area contributed by atoms with Crippen LogP contribution in [0.4, 0.5) is 0 Å². The largest absolute Gasteiger partial charge is 0.491 e. The van der Waals surface area contributed by atoms with Crippen LogP contribution < -0.4 is 10.1 Å². The standard InChI is InChI=1S/C19H31N3O3S.HI/c1-6-20-18(22-11-12-26(23,24)19(4,5)14-22)21-13-16-7-9-17(10-8-16)25-15(2)3;/h7-10,15H,6,11-14H2,1-5H3,(H,20,21);1H. The lowest BCUT2D eigenvalue weighted by atomic mass is 10.2. The lowest BCUT2D eigenvalue weighted by molar-refractivity contribution is 0.242. The Bertz CT molecular complexity index is 731. The normalized spacial score (nSPS) is 18.7. The molecular formula is C19H32IN3O3S. The molecule has 0 saturated carbocycles. The minimum atomic E-state index is -3.06. The predicted molar refractivity (Wildman–Crippen MR) is 122 cm³/mol. The van der Waals surface area contributed by atoms with Crippen LogP contribution in [-0.4, -0.2) is 55.5 Å². The van der Waals surface area contributed by atoms with Crippen molar-refractivity contribution in [1.82, 2.24) is 10.2 Å². The highest BCUT2D eigenvalue weighted by Crippen LogP contribution is 2.24. The Morgan fingerprint density at radius 1 is 1.30 bits per heavy atom. The number of hydrogen-bond acceptors (Lipinski definition) is 4. The Kier molecular flexibility index (Phi) is 8.85. The van der Waals surface area contributed by atoms with Gasteiger partial charge in [0.1, 0.15) is 5.75 Å². The number of nitrogens with one attached hydrogen (secondary N) is 1. The van der Waals surface area contributed by atoms with Crippen LogP contribution in [0.5, 0.6) is 5.75 Å². The molecule has 0 bridgehead atoms. The van der Waals surface area contributed by atoms with E-state index >= 15 is 0 Å². The van der Waals surface area contributed by atoms with Gasteiger partial charge in [-0.3, -0.25) is 0 Å². The fourth-order valence-corrected chi connectivity index (χ4v) is 4.23. The molecule has 0 spiro atoms. The first-order valence-corrected chi connectivity index (χ1v) is 10.8. The Hall–Kier alpha value is -1.03. The summed E-state index contributed by atoms with van der Waals surface area (Å²) in [6.07, 6.45) is 0.151. The summed E-state index contributed by atoms with van der Waals surface area (Å²) in [5.74, 6) is 1.77. The van der Waals surface area contributed by atoms with Gasteiger partial charge in [-0.05, 0) is 52.3 Å². The summed E-state index contributed by atoms with van der Waals surface area (Å²) in [4.78, 5) is 6.75. The molecule has 0 unspecified atom stereocenters. The van der Waals surface area contributed by atoms with Crippen molar-refractivity contribution in [2.24, 2.45) is 4.99 Å². The number of benzene rings is 1. The molecule has 1 aliphatic heterocycles. The number of aliphatic imine (C=N–C) groups is 1. The molecule has 0 atom stereocenters. The molecule has 0 radical (unpaired) electrons. The van der Waals surface area contributed by atoms with Crippen LogP contribution in [0.1, 0.15) is 40.2 Å². The van der Waals surface area contributed by atoms with Crippen molar-refractivity contribution in [2.45, 2.75) is 52.0 Å². The molecule has 27 heavy (non-hydrogen) atoms. The quantitative estimate of drug-likeness (QED) is 0.376. The van der Waals surface area contributed by atoms with E-state index in [1.54, 1.807) is 13.8 Å². The van der Waals surface area contributed by atoms with Gasteiger partial charge >= 0.3 is 0 Å². The van der Waals surface area contributed by atoms with Gasteiger partial charge < -0.3 is 15.0 Å². The Balaban J connectivity index is 0.00000364. The molecule has 6 nitrogen and oxygen atoms in total. The van der Waals surface area contributed by atoms with E-state index in [1.165, 1.54) is 0 Å². The van der Waals surface area contributed by atoms with Crippen LogP contribution in [0.2, 0.25) is 0 Å². The maximum Gasteiger partial charge on any atom is 0.194 e. The van der Waals surface area contributed by atoms with Crippen LogP contribution in [0.15, 0.2) is 29.3 Å². The predicted octanol–water partition coefficient (Wildman–Crippen LogP) is 3.07. The molecule has 1 aromatic carbocycles. The molecule has 1 N–H and O–H groups in total. The van der Waals surface area contributed by atoms with E-state index in [0.29, 0.717) is 19.6 Å². The van der Waals surface area contributed by atoms with Crippen LogP contribution in [0.3, 0.4) is 0 Å². The third-order valence-corrected chi connectivity index (χ3v) is 6.92. The second kappa shape index (κ2) is 9.95. The first kappa shape index (κ1) is 24.0. The highest BCUT2D eigenvalue weighted by molar-refractivity contribution is 14.0. The van der Waals surface area contributed by atoms with Gasteiger partial charge in [-0.25, -0.2) is 13.4 Å². The molecule has 1 heterocycles. The monoisotopic (exact) mass is 509 g/mol.